The van der Waals surface area contributed by atoms with E-state index in [4.69, 9.17) is 11.6 Å². The molecule has 0 saturated heterocycles. The minimum Gasteiger partial charge on any atom is -0.276 e. The Balaban J connectivity index is 3.23. The van der Waals surface area contributed by atoms with Gasteiger partial charge in [-0.2, -0.15) is 0 Å². The molecule has 0 aliphatic heterocycles. The van der Waals surface area contributed by atoms with Crippen molar-refractivity contribution in [2.75, 3.05) is 0 Å². The first-order chi connectivity index (χ1) is 5.11. The van der Waals surface area contributed by atoms with Crippen molar-refractivity contribution in [3.05, 3.63) is 29.1 Å². The molecule has 58 valence electrons. The van der Waals surface area contributed by atoms with Crippen LogP contribution >= 0.6 is 11.6 Å². The van der Waals surface area contributed by atoms with E-state index in [1.165, 1.54) is 0 Å². The Morgan fingerprint density at radius 1 is 1.55 bits per heavy atom. The molecule has 0 aromatic carbocycles. The van der Waals surface area contributed by atoms with Crippen LogP contribution in [0.15, 0.2) is 12.3 Å². The molecule has 1 rings (SSSR count). The Hall–Kier alpha value is -0.890. The molecule has 3 heteroatoms. The number of hydrogen-bond acceptors (Lipinski definition) is 2. The molecule has 1 aromatic heterocycles. The van der Waals surface area contributed by atoms with Gasteiger partial charge in [-0.1, -0.05) is 0 Å². The number of carbonyl (C=O) groups is 1. The minimum atomic E-state index is -0.423. The van der Waals surface area contributed by atoms with E-state index in [1.807, 2.05) is 13.8 Å². The van der Waals surface area contributed by atoms with Crippen LogP contribution in [0, 0.1) is 13.8 Å². The van der Waals surface area contributed by atoms with Gasteiger partial charge in [0, 0.05) is 17.5 Å². The highest BCUT2D eigenvalue weighted by molar-refractivity contribution is 6.67. The van der Waals surface area contributed by atoms with Gasteiger partial charge in [0.1, 0.15) is 0 Å². The van der Waals surface area contributed by atoms with Gasteiger partial charge in [-0.25, -0.2) is 0 Å². The molecule has 0 N–H and O–H groups in total. The number of halogens is 1. The highest BCUT2D eigenvalue weighted by atomic mass is 35.5. The van der Waals surface area contributed by atoms with Gasteiger partial charge < -0.3 is 0 Å². The normalized spacial score (nSPS) is 9.73. The van der Waals surface area contributed by atoms with E-state index >= 15 is 0 Å². The summed E-state index contributed by atoms with van der Waals surface area (Å²) in [5.74, 6) is 0. The molecule has 2 nitrogen and oxygen atoms in total. The molecule has 0 amide bonds. The summed E-state index contributed by atoms with van der Waals surface area (Å²) in [6.07, 6.45) is 1.64. The second kappa shape index (κ2) is 3.01. The zero-order valence-corrected chi connectivity index (χ0v) is 7.14. The van der Waals surface area contributed by atoms with Crippen molar-refractivity contribution < 1.29 is 4.79 Å². The smallest absolute Gasteiger partial charge is 0.252 e. The van der Waals surface area contributed by atoms with Crippen LogP contribution in [0.1, 0.15) is 21.6 Å². The van der Waals surface area contributed by atoms with Gasteiger partial charge in [0.25, 0.3) is 5.24 Å². The van der Waals surface area contributed by atoms with Crippen LogP contribution in [-0.2, 0) is 0 Å². The second-order valence-corrected chi connectivity index (χ2v) is 2.76. The molecule has 11 heavy (non-hydrogen) atoms. The van der Waals surface area contributed by atoms with Crippen LogP contribution < -0.4 is 0 Å². The molecular formula is C8H8ClNO. The second-order valence-electron chi connectivity index (χ2n) is 2.41. The van der Waals surface area contributed by atoms with Crippen LogP contribution in [0.25, 0.3) is 0 Å². The maximum Gasteiger partial charge on any atom is 0.252 e. The minimum absolute atomic E-state index is 0.423. The largest absolute Gasteiger partial charge is 0.276 e. The number of rotatable bonds is 1. The summed E-state index contributed by atoms with van der Waals surface area (Å²) >= 11 is 5.31. The third-order valence-corrected chi connectivity index (χ3v) is 1.66. The fourth-order valence-electron chi connectivity index (χ4n) is 0.840. The third-order valence-electron chi connectivity index (χ3n) is 1.45. The van der Waals surface area contributed by atoms with Crippen LogP contribution in [0.5, 0.6) is 0 Å². The van der Waals surface area contributed by atoms with Gasteiger partial charge in [0.2, 0.25) is 0 Å². The molecule has 0 unspecified atom stereocenters. The molecule has 0 aliphatic carbocycles. The zero-order valence-electron chi connectivity index (χ0n) is 6.39. The van der Waals surface area contributed by atoms with Crippen LogP contribution in [0.4, 0.5) is 0 Å². The average Bonchev–Trinajstić information content (AvgIpc) is 1.94. The molecule has 0 aliphatic rings. The number of pyridine rings is 1. The third kappa shape index (κ3) is 1.77. The quantitative estimate of drug-likeness (QED) is 0.603. The molecule has 0 saturated carbocycles. The highest BCUT2D eigenvalue weighted by Gasteiger charge is 2.05. The lowest BCUT2D eigenvalue weighted by Crippen LogP contribution is -1.95. The Morgan fingerprint density at radius 3 is 2.64 bits per heavy atom. The average molecular weight is 170 g/mol. The van der Waals surface area contributed by atoms with Crippen molar-refractivity contribution in [3.8, 4) is 0 Å². The monoisotopic (exact) mass is 169 g/mol. The Bertz CT molecular complexity index is 296. The topological polar surface area (TPSA) is 30.0 Å². The molecule has 0 bridgehead atoms. The summed E-state index contributed by atoms with van der Waals surface area (Å²) in [7, 11) is 0. The summed E-state index contributed by atoms with van der Waals surface area (Å²) in [5, 5.41) is -0.423. The summed E-state index contributed by atoms with van der Waals surface area (Å²) in [5.41, 5.74) is 2.16. The number of aromatic nitrogens is 1. The van der Waals surface area contributed by atoms with Crippen molar-refractivity contribution in [2.24, 2.45) is 0 Å². The van der Waals surface area contributed by atoms with Crippen molar-refractivity contribution in [3.63, 3.8) is 0 Å². The summed E-state index contributed by atoms with van der Waals surface area (Å²) in [4.78, 5) is 14.8. The van der Waals surface area contributed by atoms with E-state index in [-0.39, 0.29) is 0 Å². The van der Waals surface area contributed by atoms with Crippen LogP contribution in [0.2, 0.25) is 0 Å². The highest BCUT2D eigenvalue weighted by Crippen LogP contribution is 2.10. The van der Waals surface area contributed by atoms with E-state index < -0.39 is 5.24 Å². The number of aryl methyl sites for hydroxylation is 2. The van der Waals surface area contributed by atoms with E-state index in [2.05, 4.69) is 4.98 Å². The van der Waals surface area contributed by atoms with Crippen molar-refractivity contribution in [2.45, 2.75) is 13.8 Å². The first-order valence-corrected chi connectivity index (χ1v) is 3.62. The molecule has 0 fully saturated rings. The van der Waals surface area contributed by atoms with E-state index in [1.54, 1.807) is 12.3 Å². The number of nitrogens with zero attached hydrogens (tertiary/aromatic N) is 1. The Morgan fingerprint density at radius 2 is 2.18 bits per heavy atom. The van der Waals surface area contributed by atoms with Crippen LogP contribution in [0.3, 0.4) is 0 Å². The maximum absolute atomic E-state index is 10.8. The summed E-state index contributed by atoms with van der Waals surface area (Å²) < 4.78 is 0. The molecular weight excluding hydrogens is 162 g/mol. The lowest BCUT2D eigenvalue weighted by molar-refractivity contribution is 0.108. The fourth-order valence-corrected chi connectivity index (χ4v) is 1.04. The predicted octanol–water partition coefficient (Wildman–Crippen LogP) is 2.08. The number of hydrogen-bond donors (Lipinski definition) is 0. The predicted molar refractivity (Wildman–Crippen MR) is 43.9 cm³/mol. The van der Waals surface area contributed by atoms with Gasteiger partial charge in [-0.05, 0) is 37.1 Å². The van der Waals surface area contributed by atoms with Gasteiger partial charge in [-0.15, -0.1) is 0 Å². The van der Waals surface area contributed by atoms with Crippen molar-refractivity contribution in [1.82, 2.24) is 4.98 Å². The molecule has 0 radical (unpaired) electrons. The zero-order chi connectivity index (χ0) is 8.43. The van der Waals surface area contributed by atoms with Gasteiger partial charge >= 0.3 is 0 Å². The first kappa shape index (κ1) is 8.21. The van der Waals surface area contributed by atoms with Crippen LogP contribution in [-0.4, -0.2) is 10.2 Å². The standard InChI is InChI=1S/C8H8ClNO/c1-5-4-10-6(2)3-7(5)8(9)11/h3-4H,1-2H3. The summed E-state index contributed by atoms with van der Waals surface area (Å²) in [6, 6.07) is 1.69. The molecule has 0 atom stereocenters. The van der Waals surface area contributed by atoms with E-state index in [9.17, 15) is 4.79 Å². The van der Waals surface area contributed by atoms with Crippen molar-refractivity contribution >= 4 is 16.8 Å². The van der Waals surface area contributed by atoms with Gasteiger partial charge in [0.15, 0.2) is 0 Å². The van der Waals surface area contributed by atoms with E-state index in [0.717, 1.165) is 11.3 Å². The first-order valence-electron chi connectivity index (χ1n) is 3.24. The molecule has 1 aromatic rings. The van der Waals surface area contributed by atoms with E-state index in [0.29, 0.717) is 5.56 Å². The number of carbonyl (C=O) groups excluding carboxylic acids is 1. The Kier molecular flexibility index (Phi) is 2.25. The lowest BCUT2D eigenvalue weighted by atomic mass is 10.1. The summed E-state index contributed by atoms with van der Waals surface area (Å²) in [6.45, 7) is 3.63. The Labute approximate surface area is 70.2 Å². The van der Waals surface area contributed by atoms with Crippen molar-refractivity contribution in [1.29, 1.82) is 0 Å². The SMILES string of the molecule is Cc1cc(C(=O)Cl)c(C)cn1. The lowest BCUT2D eigenvalue weighted by Gasteiger charge is -1.99. The molecule has 1 heterocycles. The van der Waals surface area contributed by atoms with Gasteiger partial charge in [-0.3, -0.25) is 9.78 Å². The molecule has 0 spiro atoms. The maximum atomic E-state index is 10.8. The fraction of sp³-hybridized carbons (Fsp3) is 0.250. The van der Waals surface area contributed by atoms with Gasteiger partial charge in [0.05, 0.1) is 0 Å².